The van der Waals surface area contributed by atoms with Crippen molar-refractivity contribution in [3.8, 4) is 0 Å². The maximum atomic E-state index is 6.19. The maximum Gasteiger partial charge on any atom is 0.0426 e. The van der Waals surface area contributed by atoms with Crippen LogP contribution in [0.15, 0.2) is 18.2 Å². The van der Waals surface area contributed by atoms with E-state index < -0.39 is 0 Å². The molecule has 0 amide bonds. The summed E-state index contributed by atoms with van der Waals surface area (Å²) in [6, 6.07) is 6.89. The molecule has 1 aromatic carbocycles. The van der Waals surface area contributed by atoms with Crippen LogP contribution in [-0.4, -0.2) is 29.6 Å². The van der Waals surface area contributed by atoms with E-state index >= 15 is 0 Å². The summed E-state index contributed by atoms with van der Waals surface area (Å²) in [6.45, 7) is 7.74. The molecule has 2 rings (SSSR count). The zero-order valence-corrected chi connectivity index (χ0v) is 13.5. The van der Waals surface area contributed by atoms with Crippen molar-refractivity contribution in [1.82, 2.24) is 0 Å². The Morgan fingerprint density at radius 3 is 2.89 bits per heavy atom. The lowest BCUT2D eigenvalue weighted by molar-refractivity contribution is 0.622. The van der Waals surface area contributed by atoms with Crippen LogP contribution < -0.4 is 10.6 Å². The SMILES string of the molecule is CC(N)Cc1ccc(Cl)cc1N1CCSC(C)C1C. The molecule has 106 valence electrons. The first kappa shape index (κ1) is 15.0. The first-order valence-corrected chi connectivity index (χ1v) is 8.34. The Balaban J connectivity index is 2.33. The van der Waals surface area contributed by atoms with Crippen LogP contribution in [-0.2, 0) is 6.42 Å². The molecule has 0 radical (unpaired) electrons. The summed E-state index contributed by atoms with van der Waals surface area (Å²) in [6.07, 6.45) is 0.900. The van der Waals surface area contributed by atoms with Crippen LogP contribution in [0.5, 0.6) is 0 Å². The number of hydrogen-bond acceptors (Lipinski definition) is 3. The van der Waals surface area contributed by atoms with E-state index in [1.807, 2.05) is 17.8 Å². The van der Waals surface area contributed by atoms with Crippen molar-refractivity contribution < 1.29 is 0 Å². The van der Waals surface area contributed by atoms with Gasteiger partial charge in [-0.1, -0.05) is 24.6 Å². The van der Waals surface area contributed by atoms with Crippen LogP contribution in [0.25, 0.3) is 0 Å². The molecule has 3 unspecified atom stereocenters. The summed E-state index contributed by atoms with van der Waals surface area (Å²) in [4.78, 5) is 2.49. The summed E-state index contributed by atoms with van der Waals surface area (Å²) in [5.41, 5.74) is 8.55. The predicted molar refractivity (Wildman–Crippen MR) is 87.5 cm³/mol. The normalized spacial score (nSPS) is 25.4. The Labute approximate surface area is 125 Å². The van der Waals surface area contributed by atoms with Gasteiger partial charge in [-0.25, -0.2) is 0 Å². The number of benzene rings is 1. The number of thioether (sulfide) groups is 1. The van der Waals surface area contributed by atoms with Gasteiger partial charge in [-0.2, -0.15) is 11.8 Å². The molecule has 2 N–H and O–H groups in total. The molecule has 0 saturated carbocycles. The van der Waals surface area contributed by atoms with E-state index in [4.69, 9.17) is 17.3 Å². The van der Waals surface area contributed by atoms with Crippen LogP contribution >= 0.6 is 23.4 Å². The number of hydrogen-bond donors (Lipinski definition) is 1. The average molecular weight is 299 g/mol. The van der Waals surface area contributed by atoms with Crippen molar-refractivity contribution in [2.75, 3.05) is 17.2 Å². The Morgan fingerprint density at radius 2 is 2.21 bits per heavy atom. The van der Waals surface area contributed by atoms with E-state index in [9.17, 15) is 0 Å². The minimum atomic E-state index is 0.173. The molecule has 19 heavy (non-hydrogen) atoms. The molecule has 1 aliphatic heterocycles. The number of nitrogens with two attached hydrogens (primary N) is 1. The average Bonchev–Trinajstić information content (AvgIpc) is 2.35. The Bertz CT molecular complexity index is 436. The largest absolute Gasteiger partial charge is 0.367 e. The lowest BCUT2D eigenvalue weighted by atomic mass is 10.0. The van der Waals surface area contributed by atoms with Gasteiger partial charge in [0.1, 0.15) is 0 Å². The van der Waals surface area contributed by atoms with Crippen molar-refractivity contribution in [2.45, 2.75) is 44.5 Å². The molecule has 1 aromatic rings. The molecular formula is C15H23ClN2S. The second-order valence-electron chi connectivity index (χ2n) is 5.46. The fourth-order valence-corrected chi connectivity index (χ4v) is 3.86. The lowest BCUT2D eigenvalue weighted by Crippen LogP contribution is -2.45. The van der Waals surface area contributed by atoms with Crippen LogP contribution in [0, 0.1) is 0 Å². The maximum absolute atomic E-state index is 6.19. The predicted octanol–water partition coefficient (Wildman–Crippen LogP) is 3.56. The molecule has 0 bridgehead atoms. The molecule has 1 heterocycles. The van der Waals surface area contributed by atoms with E-state index in [-0.39, 0.29) is 6.04 Å². The molecular weight excluding hydrogens is 276 g/mol. The summed E-state index contributed by atoms with van der Waals surface area (Å²) in [5, 5.41) is 1.46. The van der Waals surface area contributed by atoms with E-state index in [1.165, 1.54) is 17.0 Å². The molecule has 1 aliphatic rings. The van der Waals surface area contributed by atoms with Gasteiger partial charge in [0.2, 0.25) is 0 Å². The second kappa shape index (κ2) is 6.38. The third-order valence-electron chi connectivity index (χ3n) is 3.78. The van der Waals surface area contributed by atoms with Gasteiger partial charge in [0.25, 0.3) is 0 Å². The zero-order valence-electron chi connectivity index (χ0n) is 11.9. The third kappa shape index (κ3) is 3.59. The smallest absolute Gasteiger partial charge is 0.0426 e. The third-order valence-corrected chi connectivity index (χ3v) is 5.36. The monoisotopic (exact) mass is 298 g/mol. The van der Waals surface area contributed by atoms with Crippen LogP contribution in [0.3, 0.4) is 0 Å². The fraction of sp³-hybridized carbons (Fsp3) is 0.600. The molecule has 1 saturated heterocycles. The fourth-order valence-electron chi connectivity index (χ4n) is 2.60. The second-order valence-corrected chi connectivity index (χ2v) is 7.39. The highest BCUT2D eigenvalue weighted by Gasteiger charge is 2.27. The van der Waals surface area contributed by atoms with E-state index in [0.29, 0.717) is 11.3 Å². The molecule has 0 aliphatic carbocycles. The Hall–Kier alpha value is -0.380. The van der Waals surface area contributed by atoms with Crippen LogP contribution in [0.4, 0.5) is 5.69 Å². The number of anilines is 1. The lowest BCUT2D eigenvalue weighted by Gasteiger charge is -2.40. The van der Waals surface area contributed by atoms with Crippen molar-refractivity contribution >= 4 is 29.1 Å². The first-order chi connectivity index (χ1) is 8.99. The first-order valence-electron chi connectivity index (χ1n) is 6.91. The van der Waals surface area contributed by atoms with Crippen molar-refractivity contribution in [3.05, 3.63) is 28.8 Å². The minimum absolute atomic E-state index is 0.173. The van der Waals surface area contributed by atoms with Gasteiger partial charge in [0.05, 0.1) is 0 Å². The summed E-state index contributed by atoms with van der Waals surface area (Å²) in [5.74, 6) is 1.18. The summed E-state index contributed by atoms with van der Waals surface area (Å²) in [7, 11) is 0. The van der Waals surface area contributed by atoms with Crippen LogP contribution in [0.2, 0.25) is 5.02 Å². The molecule has 0 spiro atoms. The highest BCUT2D eigenvalue weighted by molar-refractivity contribution is 8.00. The Kier molecular flexibility index (Phi) is 5.04. The summed E-state index contributed by atoms with van der Waals surface area (Å²) >= 11 is 8.24. The Morgan fingerprint density at radius 1 is 1.47 bits per heavy atom. The van der Waals surface area contributed by atoms with Crippen molar-refractivity contribution in [3.63, 3.8) is 0 Å². The van der Waals surface area contributed by atoms with Gasteiger partial charge in [-0.05, 0) is 38.0 Å². The van der Waals surface area contributed by atoms with Gasteiger partial charge in [0.15, 0.2) is 0 Å². The van der Waals surface area contributed by atoms with Gasteiger partial charge in [-0.15, -0.1) is 0 Å². The van der Waals surface area contributed by atoms with Crippen LogP contribution in [0.1, 0.15) is 26.3 Å². The molecule has 1 fully saturated rings. The highest BCUT2D eigenvalue weighted by Crippen LogP contribution is 2.33. The summed E-state index contributed by atoms with van der Waals surface area (Å²) < 4.78 is 0. The number of nitrogens with zero attached hydrogens (tertiary/aromatic N) is 1. The molecule has 3 atom stereocenters. The van der Waals surface area contributed by atoms with Gasteiger partial charge in [-0.3, -0.25) is 0 Å². The van der Waals surface area contributed by atoms with Crippen molar-refractivity contribution in [2.24, 2.45) is 5.73 Å². The van der Waals surface area contributed by atoms with E-state index in [1.54, 1.807) is 0 Å². The molecule has 2 nitrogen and oxygen atoms in total. The quantitative estimate of drug-likeness (QED) is 0.925. The topological polar surface area (TPSA) is 29.3 Å². The van der Waals surface area contributed by atoms with Gasteiger partial charge in [0, 0.05) is 40.3 Å². The van der Waals surface area contributed by atoms with Gasteiger partial charge < -0.3 is 10.6 Å². The molecule has 4 heteroatoms. The van der Waals surface area contributed by atoms with E-state index in [0.717, 1.165) is 18.0 Å². The molecule has 0 aromatic heterocycles. The van der Waals surface area contributed by atoms with Gasteiger partial charge >= 0.3 is 0 Å². The standard InChI is InChI=1S/C15H23ClN2S/c1-10(17)8-13-4-5-14(16)9-15(13)18-6-7-19-12(3)11(18)2/h4-5,9-12H,6-8,17H2,1-3H3. The van der Waals surface area contributed by atoms with E-state index in [2.05, 4.69) is 37.8 Å². The number of rotatable bonds is 3. The number of halogens is 1. The van der Waals surface area contributed by atoms with Crippen molar-refractivity contribution in [1.29, 1.82) is 0 Å². The minimum Gasteiger partial charge on any atom is -0.367 e. The zero-order chi connectivity index (χ0) is 14.0. The highest BCUT2D eigenvalue weighted by atomic mass is 35.5.